The smallest absolute Gasteiger partial charge is 0.407 e. The van der Waals surface area contributed by atoms with Gasteiger partial charge in [0.1, 0.15) is 5.60 Å². The molecule has 4 nitrogen and oxygen atoms in total. The van der Waals surface area contributed by atoms with E-state index in [2.05, 4.69) is 34.7 Å². The van der Waals surface area contributed by atoms with Crippen LogP contribution in [0.25, 0.3) is 0 Å². The van der Waals surface area contributed by atoms with Gasteiger partial charge < -0.3 is 10.1 Å². The topological polar surface area (TPSA) is 41.6 Å². The molecule has 5 heteroatoms. The largest absolute Gasteiger partial charge is 0.444 e. The van der Waals surface area contributed by atoms with Gasteiger partial charge in [0.2, 0.25) is 0 Å². The standard InChI is InChI=1S/C17H28N2O2S/c1-13(15-8-6-10-22-15)19-9-5-7-14(12-19)11-18-16(20)21-17(2,3)4/h6,8,10,13-14H,5,7,9,11-12H2,1-4H3,(H,18,20)/t13-,14+/m0/s1. The zero-order valence-electron chi connectivity index (χ0n) is 14.1. The summed E-state index contributed by atoms with van der Waals surface area (Å²) in [4.78, 5) is 15.7. The van der Waals surface area contributed by atoms with Crippen LogP contribution in [0, 0.1) is 5.92 Å². The quantitative estimate of drug-likeness (QED) is 0.908. The summed E-state index contributed by atoms with van der Waals surface area (Å²) in [5, 5.41) is 5.05. The molecule has 2 atom stereocenters. The SMILES string of the molecule is C[C@@H](c1cccs1)N1CCC[C@H](CNC(=O)OC(C)(C)C)C1. The maximum absolute atomic E-state index is 11.8. The van der Waals surface area contributed by atoms with E-state index in [1.54, 1.807) is 0 Å². The summed E-state index contributed by atoms with van der Waals surface area (Å²) in [6.45, 7) is 10.8. The Balaban J connectivity index is 1.80. The highest BCUT2D eigenvalue weighted by atomic mass is 32.1. The molecule has 1 amide bonds. The minimum Gasteiger partial charge on any atom is -0.444 e. The molecule has 0 aliphatic carbocycles. The lowest BCUT2D eigenvalue weighted by molar-refractivity contribution is 0.0501. The Morgan fingerprint density at radius 3 is 2.95 bits per heavy atom. The van der Waals surface area contributed by atoms with Crippen LogP contribution in [0.2, 0.25) is 0 Å². The Morgan fingerprint density at radius 1 is 1.55 bits per heavy atom. The number of thiophene rings is 1. The maximum Gasteiger partial charge on any atom is 0.407 e. The molecule has 0 spiro atoms. The first-order valence-corrected chi connectivity index (χ1v) is 8.97. The van der Waals surface area contributed by atoms with Crippen molar-refractivity contribution in [2.75, 3.05) is 19.6 Å². The number of nitrogens with zero attached hydrogens (tertiary/aromatic N) is 1. The number of carbonyl (C=O) groups excluding carboxylic acids is 1. The van der Waals surface area contributed by atoms with Gasteiger partial charge in [-0.25, -0.2) is 4.79 Å². The number of nitrogens with one attached hydrogen (secondary N) is 1. The maximum atomic E-state index is 11.8. The first-order chi connectivity index (χ1) is 10.3. The van der Waals surface area contributed by atoms with E-state index in [1.807, 2.05) is 32.1 Å². The molecule has 0 aromatic carbocycles. The predicted molar refractivity (Wildman–Crippen MR) is 91.3 cm³/mol. The van der Waals surface area contributed by atoms with Crippen molar-refractivity contribution in [2.45, 2.75) is 52.2 Å². The zero-order chi connectivity index (χ0) is 16.2. The van der Waals surface area contributed by atoms with Crippen LogP contribution < -0.4 is 5.32 Å². The van der Waals surface area contributed by atoms with Gasteiger partial charge >= 0.3 is 6.09 Å². The Kier molecular flexibility index (Phi) is 5.87. The van der Waals surface area contributed by atoms with Crippen molar-refractivity contribution in [3.63, 3.8) is 0 Å². The molecular formula is C17H28N2O2S. The second-order valence-corrected chi connectivity index (χ2v) is 8.06. The van der Waals surface area contributed by atoms with E-state index in [0.717, 1.165) is 13.1 Å². The summed E-state index contributed by atoms with van der Waals surface area (Å²) >= 11 is 1.82. The average molecular weight is 324 g/mol. The molecule has 0 saturated carbocycles. The number of amides is 1. The molecule has 1 aliphatic rings. The van der Waals surface area contributed by atoms with Gasteiger partial charge in [-0.1, -0.05) is 6.07 Å². The van der Waals surface area contributed by atoms with Gasteiger partial charge in [0.05, 0.1) is 0 Å². The summed E-state index contributed by atoms with van der Waals surface area (Å²) in [6.07, 6.45) is 2.05. The van der Waals surface area contributed by atoms with Gasteiger partial charge in [-0.15, -0.1) is 11.3 Å². The van der Waals surface area contributed by atoms with Crippen LogP contribution in [0.1, 0.15) is 51.5 Å². The summed E-state index contributed by atoms with van der Waals surface area (Å²) in [7, 11) is 0. The lowest BCUT2D eigenvalue weighted by atomic mass is 9.96. The van der Waals surface area contributed by atoms with Gasteiger partial charge in [-0.05, 0) is 64.4 Å². The third kappa shape index (κ3) is 5.29. The Labute approximate surface area is 137 Å². The summed E-state index contributed by atoms with van der Waals surface area (Å²) in [6, 6.07) is 4.78. The van der Waals surface area contributed by atoms with Gasteiger partial charge in [-0.3, -0.25) is 4.90 Å². The van der Waals surface area contributed by atoms with Crippen LogP contribution in [0.4, 0.5) is 4.79 Å². The highest BCUT2D eigenvalue weighted by molar-refractivity contribution is 7.10. The van der Waals surface area contributed by atoms with E-state index >= 15 is 0 Å². The second-order valence-electron chi connectivity index (χ2n) is 7.08. The van der Waals surface area contributed by atoms with Crippen molar-refractivity contribution in [3.8, 4) is 0 Å². The van der Waals surface area contributed by atoms with Crippen molar-refractivity contribution in [1.29, 1.82) is 0 Å². The molecule has 2 rings (SSSR count). The highest BCUT2D eigenvalue weighted by Crippen LogP contribution is 2.28. The number of hydrogen-bond donors (Lipinski definition) is 1. The number of rotatable bonds is 4. The third-order valence-electron chi connectivity index (χ3n) is 3.99. The molecule has 1 aromatic rings. The number of likely N-dealkylation sites (tertiary alicyclic amines) is 1. The molecule has 1 saturated heterocycles. The average Bonchev–Trinajstić information content (AvgIpc) is 2.97. The summed E-state index contributed by atoms with van der Waals surface area (Å²) in [5.41, 5.74) is -0.434. The lowest BCUT2D eigenvalue weighted by Crippen LogP contribution is -2.42. The molecule has 1 N–H and O–H groups in total. The Morgan fingerprint density at radius 2 is 2.32 bits per heavy atom. The highest BCUT2D eigenvalue weighted by Gasteiger charge is 2.25. The Bertz CT molecular complexity index is 468. The lowest BCUT2D eigenvalue weighted by Gasteiger charge is -2.36. The molecule has 1 fully saturated rings. The van der Waals surface area contributed by atoms with Gasteiger partial charge in [-0.2, -0.15) is 0 Å². The van der Waals surface area contributed by atoms with Gasteiger partial charge in [0, 0.05) is 24.0 Å². The first kappa shape index (κ1) is 17.3. The normalized spacial score (nSPS) is 21.4. The van der Waals surface area contributed by atoms with Crippen LogP contribution in [-0.2, 0) is 4.74 Å². The number of piperidine rings is 1. The van der Waals surface area contributed by atoms with E-state index in [4.69, 9.17) is 4.74 Å². The van der Waals surface area contributed by atoms with E-state index in [1.165, 1.54) is 17.7 Å². The van der Waals surface area contributed by atoms with E-state index in [0.29, 0.717) is 18.5 Å². The molecule has 0 radical (unpaired) electrons. The molecular weight excluding hydrogens is 296 g/mol. The Hall–Kier alpha value is -1.07. The van der Waals surface area contributed by atoms with Crippen molar-refractivity contribution in [3.05, 3.63) is 22.4 Å². The van der Waals surface area contributed by atoms with Crippen LogP contribution in [0.3, 0.4) is 0 Å². The van der Waals surface area contributed by atoms with Crippen molar-refractivity contribution >= 4 is 17.4 Å². The zero-order valence-corrected chi connectivity index (χ0v) is 14.9. The van der Waals surface area contributed by atoms with E-state index in [-0.39, 0.29) is 6.09 Å². The molecule has 2 heterocycles. The van der Waals surface area contributed by atoms with Crippen molar-refractivity contribution in [1.82, 2.24) is 10.2 Å². The first-order valence-electron chi connectivity index (χ1n) is 8.09. The molecule has 0 bridgehead atoms. The molecule has 124 valence electrons. The monoisotopic (exact) mass is 324 g/mol. The molecule has 1 aliphatic heterocycles. The fraction of sp³-hybridized carbons (Fsp3) is 0.706. The minimum atomic E-state index is -0.434. The fourth-order valence-corrected chi connectivity index (χ4v) is 3.68. The van der Waals surface area contributed by atoms with Gasteiger partial charge in [0.25, 0.3) is 0 Å². The number of ether oxygens (including phenoxy) is 1. The number of hydrogen-bond acceptors (Lipinski definition) is 4. The second kappa shape index (κ2) is 7.47. The van der Waals surface area contributed by atoms with Gasteiger partial charge in [0.15, 0.2) is 0 Å². The fourth-order valence-electron chi connectivity index (χ4n) is 2.87. The predicted octanol–water partition coefficient (Wildman–Crippen LogP) is 4.05. The van der Waals surface area contributed by atoms with Crippen LogP contribution in [0.15, 0.2) is 17.5 Å². The summed E-state index contributed by atoms with van der Waals surface area (Å²) < 4.78 is 5.30. The van der Waals surface area contributed by atoms with Crippen LogP contribution in [0.5, 0.6) is 0 Å². The minimum absolute atomic E-state index is 0.309. The molecule has 0 unspecified atom stereocenters. The van der Waals surface area contributed by atoms with E-state index in [9.17, 15) is 4.79 Å². The summed E-state index contributed by atoms with van der Waals surface area (Å²) in [5.74, 6) is 0.503. The number of carbonyl (C=O) groups is 1. The molecule has 1 aromatic heterocycles. The van der Waals surface area contributed by atoms with Crippen molar-refractivity contribution < 1.29 is 9.53 Å². The molecule has 22 heavy (non-hydrogen) atoms. The number of alkyl carbamates (subject to hydrolysis) is 1. The van der Waals surface area contributed by atoms with E-state index < -0.39 is 5.60 Å². The van der Waals surface area contributed by atoms with Crippen molar-refractivity contribution in [2.24, 2.45) is 5.92 Å². The van der Waals surface area contributed by atoms with Crippen LogP contribution >= 0.6 is 11.3 Å². The third-order valence-corrected chi connectivity index (χ3v) is 5.03. The van der Waals surface area contributed by atoms with Crippen LogP contribution in [-0.4, -0.2) is 36.2 Å².